The van der Waals surface area contributed by atoms with E-state index in [-0.39, 0.29) is 16.9 Å². The Balaban J connectivity index is 2.28. The number of nitrogens with two attached hydrogens (primary N) is 1. The summed E-state index contributed by atoms with van der Waals surface area (Å²) >= 11 is 3.21. The van der Waals surface area contributed by atoms with Crippen LogP contribution in [0.15, 0.2) is 40.9 Å². The number of anilines is 2. The Labute approximate surface area is 116 Å². The minimum absolute atomic E-state index is 0.187. The average Bonchev–Trinajstić information content (AvgIpc) is 2.34. The number of halogens is 3. The van der Waals surface area contributed by atoms with Gasteiger partial charge in [-0.05, 0) is 30.3 Å². The van der Waals surface area contributed by atoms with Crippen molar-refractivity contribution in [1.82, 2.24) is 0 Å². The van der Waals surface area contributed by atoms with Crippen molar-refractivity contribution < 1.29 is 13.6 Å². The zero-order chi connectivity index (χ0) is 14.0. The SMILES string of the molecule is Nc1cc(Br)ccc1C(=O)Nc1cccc(F)c1F. The third kappa shape index (κ3) is 2.90. The summed E-state index contributed by atoms with van der Waals surface area (Å²) in [5, 5.41) is 2.28. The van der Waals surface area contributed by atoms with Crippen LogP contribution in [0.25, 0.3) is 0 Å². The van der Waals surface area contributed by atoms with Gasteiger partial charge in [-0.25, -0.2) is 8.78 Å². The molecule has 6 heteroatoms. The monoisotopic (exact) mass is 326 g/mol. The molecule has 0 radical (unpaired) electrons. The number of nitrogens with one attached hydrogen (secondary N) is 1. The summed E-state index contributed by atoms with van der Waals surface area (Å²) < 4.78 is 27.1. The van der Waals surface area contributed by atoms with Crippen LogP contribution in [0.1, 0.15) is 10.4 Å². The number of rotatable bonds is 2. The lowest BCUT2D eigenvalue weighted by Gasteiger charge is -2.09. The standard InChI is InChI=1S/C13H9BrF2N2O/c14-7-4-5-8(10(17)6-7)13(19)18-11-3-1-2-9(15)12(11)16/h1-6H,17H2,(H,18,19). The summed E-state index contributed by atoms with van der Waals surface area (Å²) in [5.41, 5.74) is 5.88. The lowest BCUT2D eigenvalue weighted by Crippen LogP contribution is -2.15. The summed E-state index contributed by atoms with van der Waals surface area (Å²) in [6.45, 7) is 0. The van der Waals surface area contributed by atoms with Gasteiger partial charge in [-0.2, -0.15) is 0 Å². The van der Waals surface area contributed by atoms with E-state index >= 15 is 0 Å². The first kappa shape index (κ1) is 13.5. The highest BCUT2D eigenvalue weighted by atomic mass is 79.9. The highest BCUT2D eigenvalue weighted by Gasteiger charge is 2.14. The molecule has 2 rings (SSSR count). The highest BCUT2D eigenvalue weighted by molar-refractivity contribution is 9.10. The van der Waals surface area contributed by atoms with Crippen molar-refractivity contribution in [3.05, 3.63) is 58.1 Å². The summed E-state index contributed by atoms with van der Waals surface area (Å²) in [6.07, 6.45) is 0. The first-order valence-corrected chi connectivity index (χ1v) is 6.08. The molecule has 0 aliphatic carbocycles. The Morgan fingerprint density at radius 1 is 1.21 bits per heavy atom. The largest absolute Gasteiger partial charge is 0.398 e. The Kier molecular flexibility index (Phi) is 3.80. The molecule has 0 spiro atoms. The maximum Gasteiger partial charge on any atom is 0.257 e. The van der Waals surface area contributed by atoms with Gasteiger partial charge in [0, 0.05) is 10.2 Å². The number of hydrogen-bond acceptors (Lipinski definition) is 2. The third-order valence-corrected chi connectivity index (χ3v) is 2.95. The Bertz CT molecular complexity index is 647. The van der Waals surface area contributed by atoms with Gasteiger partial charge in [-0.3, -0.25) is 4.79 Å². The second-order valence-electron chi connectivity index (χ2n) is 3.79. The van der Waals surface area contributed by atoms with E-state index in [9.17, 15) is 13.6 Å². The number of amides is 1. The van der Waals surface area contributed by atoms with Gasteiger partial charge >= 0.3 is 0 Å². The maximum absolute atomic E-state index is 13.4. The molecule has 98 valence electrons. The number of carbonyl (C=O) groups is 1. The molecule has 0 aromatic heterocycles. The predicted octanol–water partition coefficient (Wildman–Crippen LogP) is 3.56. The molecule has 0 unspecified atom stereocenters. The molecule has 0 heterocycles. The maximum atomic E-state index is 13.4. The Morgan fingerprint density at radius 2 is 1.95 bits per heavy atom. The van der Waals surface area contributed by atoms with E-state index in [1.807, 2.05) is 0 Å². The quantitative estimate of drug-likeness (QED) is 0.829. The lowest BCUT2D eigenvalue weighted by molar-refractivity contribution is 0.102. The first-order chi connectivity index (χ1) is 8.99. The van der Waals surface area contributed by atoms with Crippen molar-refractivity contribution in [3.63, 3.8) is 0 Å². The average molecular weight is 327 g/mol. The molecule has 0 aliphatic heterocycles. The fraction of sp³-hybridized carbons (Fsp3) is 0. The molecule has 1 amide bonds. The van der Waals surface area contributed by atoms with Crippen molar-refractivity contribution in [1.29, 1.82) is 0 Å². The van der Waals surface area contributed by atoms with Crippen LogP contribution in [-0.4, -0.2) is 5.91 Å². The third-order valence-electron chi connectivity index (χ3n) is 2.46. The smallest absolute Gasteiger partial charge is 0.257 e. The van der Waals surface area contributed by atoms with E-state index < -0.39 is 17.5 Å². The van der Waals surface area contributed by atoms with Crippen LogP contribution in [0.3, 0.4) is 0 Å². The number of benzene rings is 2. The molecule has 3 nitrogen and oxygen atoms in total. The van der Waals surface area contributed by atoms with Crippen LogP contribution < -0.4 is 11.1 Å². The second kappa shape index (κ2) is 5.36. The van der Waals surface area contributed by atoms with Crippen molar-refractivity contribution in [2.24, 2.45) is 0 Å². The number of carbonyl (C=O) groups excluding carboxylic acids is 1. The minimum Gasteiger partial charge on any atom is -0.398 e. The molecular formula is C13H9BrF2N2O. The zero-order valence-electron chi connectivity index (χ0n) is 9.58. The fourth-order valence-electron chi connectivity index (χ4n) is 1.53. The van der Waals surface area contributed by atoms with Gasteiger partial charge < -0.3 is 11.1 Å². The molecule has 0 aliphatic rings. The van der Waals surface area contributed by atoms with Crippen molar-refractivity contribution >= 4 is 33.2 Å². The first-order valence-electron chi connectivity index (χ1n) is 5.29. The van der Waals surface area contributed by atoms with E-state index in [0.717, 1.165) is 10.5 Å². The van der Waals surface area contributed by atoms with E-state index in [1.54, 1.807) is 12.1 Å². The van der Waals surface area contributed by atoms with E-state index in [4.69, 9.17) is 5.73 Å². The van der Waals surface area contributed by atoms with E-state index in [1.165, 1.54) is 18.2 Å². The van der Waals surface area contributed by atoms with Crippen molar-refractivity contribution in [3.8, 4) is 0 Å². The summed E-state index contributed by atoms with van der Waals surface area (Å²) in [7, 11) is 0. The predicted molar refractivity (Wildman–Crippen MR) is 72.9 cm³/mol. The summed E-state index contributed by atoms with van der Waals surface area (Å²) in [4.78, 5) is 11.9. The molecule has 0 atom stereocenters. The zero-order valence-corrected chi connectivity index (χ0v) is 11.2. The van der Waals surface area contributed by atoms with Crippen LogP contribution >= 0.6 is 15.9 Å². The molecular weight excluding hydrogens is 318 g/mol. The molecule has 0 bridgehead atoms. The van der Waals surface area contributed by atoms with Gasteiger partial charge in [0.05, 0.1) is 11.3 Å². The highest BCUT2D eigenvalue weighted by Crippen LogP contribution is 2.21. The molecule has 3 N–H and O–H groups in total. The van der Waals surface area contributed by atoms with Crippen LogP contribution in [0.2, 0.25) is 0 Å². The Hall–Kier alpha value is -1.95. The van der Waals surface area contributed by atoms with Crippen molar-refractivity contribution in [2.75, 3.05) is 11.1 Å². The number of nitrogen functional groups attached to an aromatic ring is 1. The lowest BCUT2D eigenvalue weighted by atomic mass is 10.1. The molecule has 2 aromatic rings. The van der Waals surface area contributed by atoms with Gasteiger partial charge in [0.15, 0.2) is 11.6 Å². The topological polar surface area (TPSA) is 55.1 Å². The normalized spacial score (nSPS) is 10.3. The molecule has 19 heavy (non-hydrogen) atoms. The molecule has 0 fully saturated rings. The van der Waals surface area contributed by atoms with Crippen LogP contribution in [0.4, 0.5) is 20.2 Å². The molecule has 0 saturated heterocycles. The van der Waals surface area contributed by atoms with Gasteiger partial charge in [-0.1, -0.05) is 22.0 Å². The van der Waals surface area contributed by atoms with Crippen molar-refractivity contribution in [2.45, 2.75) is 0 Å². The second-order valence-corrected chi connectivity index (χ2v) is 4.70. The summed E-state index contributed by atoms with van der Waals surface area (Å²) in [6, 6.07) is 8.22. The van der Waals surface area contributed by atoms with Gasteiger partial charge in [-0.15, -0.1) is 0 Å². The number of hydrogen-bond donors (Lipinski definition) is 2. The van der Waals surface area contributed by atoms with Gasteiger partial charge in [0.2, 0.25) is 0 Å². The van der Waals surface area contributed by atoms with Crippen LogP contribution in [-0.2, 0) is 0 Å². The van der Waals surface area contributed by atoms with Crippen LogP contribution in [0.5, 0.6) is 0 Å². The van der Waals surface area contributed by atoms with E-state index in [2.05, 4.69) is 21.2 Å². The van der Waals surface area contributed by atoms with Crippen LogP contribution in [0, 0.1) is 11.6 Å². The molecule has 2 aromatic carbocycles. The van der Waals surface area contributed by atoms with Gasteiger partial charge in [0.1, 0.15) is 0 Å². The summed E-state index contributed by atoms with van der Waals surface area (Å²) in [5.74, 6) is -2.73. The molecule has 0 saturated carbocycles. The fourth-order valence-corrected chi connectivity index (χ4v) is 1.91. The minimum atomic E-state index is -1.11. The Morgan fingerprint density at radius 3 is 2.63 bits per heavy atom. The van der Waals surface area contributed by atoms with Gasteiger partial charge in [0.25, 0.3) is 5.91 Å². The van der Waals surface area contributed by atoms with E-state index in [0.29, 0.717) is 0 Å².